The highest BCUT2D eigenvalue weighted by atomic mass is 79.9. The van der Waals surface area contributed by atoms with Gasteiger partial charge in [-0.05, 0) is 54.7 Å². The van der Waals surface area contributed by atoms with E-state index in [4.69, 9.17) is 4.74 Å². The van der Waals surface area contributed by atoms with Crippen molar-refractivity contribution >= 4 is 27.3 Å². The predicted molar refractivity (Wildman–Crippen MR) is 71.9 cm³/mol. The molecule has 1 aliphatic rings. The van der Waals surface area contributed by atoms with Gasteiger partial charge in [0.25, 0.3) is 0 Å². The number of hydrogen-bond donors (Lipinski definition) is 1. The number of ether oxygens (including phenoxy) is 1. The largest absolute Gasteiger partial charge is 0.373 e. The van der Waals surface area contributed by atoms with Gasteiger partial charge in [0.05, 0.1) is 12.7 Å². The van der Waals surface area contributed by atoms with Crippen molar-refractivity contribution in [2.45, 2.75) is 44.4 Å². The topological polar surface area (TPSA) is 21.3 Å². The van der Waals surface area contributed by atoms with Crippen LogP contribution in [0.1, 0.15) is 30.6 Å². The fraction of sp³-hybridized carbons (Fsp3) is 0.667. The molecule has 0 bridgehead atoms. The highest BCUT2D eigenvalue weighted by Gasteiger charge is 2.20. The minimum Gasteiger partial charge on any atom is -0.373 e. The summed E-state index contributed by atoms with van der Waals surface area (Å²) in [5.41, 5.74) is 0. The lowest BCUT2D eigenvalue weighted by Crippen LogP contribution is -2.32. The molecule has 1 saturated carbocycles. The van der Waals surface area contributed by atoms with Crippen molar-refractivity contribution in [1.29, 1.82) is 0 Å². The van der Waals surface area contributed by atoms with Crippen LogP contribution in [0.3, 0.4) is 0 Å². The molecule has 1 aromatic heterocycles. The number of nitrogens with one attached hydrogen (secondary N) is 1. The van der Waals surface area contributed by atoms with Crippen LogP contribution in [0.2, 0.25) is 0 Å². The van der Waals surface area contributed by atoms with Crippen molar-refractivity contribution in [3.63, 3.8) is 0 Å². The molecule has 4 heteroatoms. The molecule has 2 rings (SSSR count). The molecular formula is C12H18BrNOS. The smallest absolute Gasteiger partial charge is 0.0813 e. The van der Waals surface area contributed by atoms with E-state index >= 15 is 0 Å². The zero-order chi connectivity index (χ0) is 11.4. The lowest BCUT2D eigenvalue weighted by atomic mass is 9.93. The van der Waals surface area contributed by atoms with Crippen LogP contribution < -0.4 is 5.32 Å². The first kappa shape index (κ1) is 12.6. The standard InChI is InChI=1S/C12H18BrNOS/c1-14-10-2-4-11(5-3-10)15-7-12-6-9(13)8-16-12/h6,8,10-11,14H,2-5,7H2,1H3. The maximum Gasteiger partial charge on any atom is 0.0813 e. The van der Waals surface area contributed by atoms with E-state index in [2.05, 4.69) is 39.7 Å². The zero-order valence-electron chi connectivity index (χ0n) is 9.54. The van der Waals surface area contributed by atoms with Crippen LogP contribution in [-0.4, -0.2) is 19.2 Å². The molecule has 0 saturated heterocycles. The summed E-state index contributed by atoms with van der Waals surface area (Å²) < 4.78 is 7.10. The Labute approximate surface area is 110 Å². The monoisotopic (exact) mass is 303 g/mol. The molecule has 0 aliphatic heterocycles. The number of thiophene rings is 1. The first-order valence-electron chi connectivity index (χ1n) is 5.79. The van der Waals surface area contributed by atoms with E-state index in [9.17, 15) is 0 Å². The quantitative estimate of drug-likeness (QED) is 0.918. The van der Waals surface area contributed by atoms with Crippen molar-refractivity contribution in [3.8, 4) is 0 Å². The van der Waals surface area contributed by atoms with Gasteiger partial charge in [0.2, 0.25) is 0 Å². The van der Waals surface area contributed by atoms with Crippen molar-refractivity contribution in [2.24, 2.45) is 0 Å². The summed E-state index contributed by atoms with van der Waals surface area (Å²) in [6.07, 6.45) is 5.34. The maximum atomic E-state index is 5.94. The summed E-state index contributed by atoms with van der Waals surface area (Å²) in [5.74, 6) is 0. The minimum atomic E-state index is 0.463. The Morgan fingerprint density at radius 2 is 2.19 bits per heavy atom. The van der Waals surface area contributed by atoms with Gasteiger partial charge in [-0.3, -0.25) is 0 Å². The van der Waals surface area contributed by atoms with Gasteiger partial charge in [0.15, 0.2) is 0 Å². The Hall–Kier alpha value is 0.1000. The summed E-state index contributed by atoms with van der Waals surface area (Å²) in [4.78, 5) is 1.31. The van der Waals surface area contributed by atoms with Gasteiger partial charge in [-0.1, -0.05) is 0 Å². The number of rotatable bonds is 4. The average Bonchev–Trinajstić information content (AvgIpc) is 2.73. The number of halogens is 1. The fourth-order valence-electron chi connectivity index (χ4n) is 2.15. The van der Waals surface area contributed by atoms with Crippen molar-refractivity contribution in [2.75, 3.05) is 7.05 Å². The van der Waals surface area contributed by atoms with E-state index in [-0.39, 0.29) is 0 Å². The van der Waals surface area contributed by atoms with E-state index < -0.39 is 0 Å². The van der Waals surface area contributed by atoms with Crippen LogP contribution in [-0.2, 0) is 11.3 Å². The van der Waals surface area contributed by atoms with E-state index in [0.29, 0.717) is 12.1 Å². The number of hydrogen-bond acceptors (Lipinski definition) is 3. The molecule has 1 N–H and O–H groups in total. The van der Waals surface area contributed by atoms with E-state index in [1.807, 2.05) is 0 Å². The zero-order valence-corrected chi connectivity index (χ0v) is 11.9. The molecule has 0 unspecified atom stereocenters. The van der Waals surface area contributed by atoms with E-state index in [1.54, 1.807) is 11.3 Å². The molecule has 0 radical (unpaired) electrons. The normalized spacial score (nSPS) is 25.9. The summed E-state index contributed by atoms with van der Waals surface area (Å²) in [6, 6.07) is 2.85. The first-order valence-corrected chi connectivity index (χ1v) is 7.47. The van der Waals surface area contributed by atoms with Crippen molar-refractivity contribution < 1.29 is 4.74 Å². The van der Waals surface area contributed by atoms with Gasteiger partial charge >= 0.3 is 0 Å². The van der Waals surface area contributed by atoms with Crippen LogP contribution in [0.5, 0.6) is 0 Å². The Kier molecular flexibility index (Phi) is 4.82. The molecule has 1 aliphatic carbocycles. The van der Waals surface area contributed by atoms with Crippen molar-refractivity contribution in [1.82, 2.24) is 5.32 Å². The summed E-state index contributed by atoms with van der Waals surface area (Å²) >= 11 is 5.22. The molecule has 0 atom stereocenters. The molecule has 16 heavy (non-hydrogen) atoms. The molecule has 1 fully saturated rings. The molecule has 2 nitrogen and oxygen atoms in total. The highest BCUT2D eigenvalue weighted by molar-refractivity contribution is 9.10. The molecule has 1 aromatic rings. The van der Waals surface area contributed by atoms with Gasteiger partial charge in [-0.15, -0.1) is 11.3 Å². The van der Waals surface area contributed by atoms with Gasteiger partial charge in [-0.2, -0.15) is 0 Å². The van der Waals surface area contributed by atoms with Gasteiger partial charge in [0.1, 0.15) is 0 Å². The first-order chi connectivity index (χ1) is 7.78. The second kappa shape index (κ2) is 6.15. The van der Waals surface area contributed by atoms with Crippen LogP contribution in [0.4, 0.5) is 0 Å². The second-order valence-corrected chi connectivity index (χ2v) is 6.22. The third-order valence-electron chi connectivity index (χ3n) is 3.17. The highest BCUT2D eigenvalue weighted by Crippen LogP contribution is 2.24. The predicted octanol–water partition coefficient (Wildman–Crippen LogP) is 3.56. The maximum absolute atomic E-state index is 5.94. The second-order valence-electron chi connectivity index (χ2n) is 4.30. The van der Waals surface area contributed by atoms with Crippen molar-refractivity contribution in [3.05, 3.63) is 20.8 Å². The molecular weight excluding hydrogens is 286 g/mol. The van der Waals surface area contributed by atoms with E-state index in [0.717, 1.165) is 11.1 Å². The molecule has 90 valence electrons. The summed E-state index contributed by atoms with van der Waals surface area (Å²) in [6.45, 7) is 0.769. The molecule has 1 heterocycles. The third kappa shape index (κ3) is 3.55. The molecule has 0 aromatic carbocycles. The average molecular weight is 304 g/mol. The fourth-order valence-corrected chi connectivity index (χ4v) is 3.52. The van der Waals surface area contributed by atoms with Crippen LogP contribution in [0.25, 0.3) is 0 Å². The Balaban J connectivity index is 1.71. The SMILES string of the molecule is CNC1CCC(OCc2cc(Br)cs2)CC1. The van der Waals surface area contributed by atoms with Crippen LogP contribution in [0.15, 0.2) is 15.9 Å². The summed E-state index contributed by atoms with van der Waals surface area (Å²) in [5, 5.41) is 5.45. The Morgan fingerprint density at radius 3 is 2.75 bits per heavy atom. The molecule has 0 spiro atoms. The Morgan fingerprint density at radius 1 is 1.44 bits per heavy atom. The van der Waals surface area contributed by atoms with E-state index in [1.165, 1.54) is 30.6 Å². The third-order valence-corrected chi connectivity index (χ3v) is 4.84. The van der Waals surface area contributed by atoms with Gasteiger partial charge < -0.3 is 10.1 Å². The van der Waals surface area contributed by atoms with Gasteiger partial charge in [-0.25, -0.2) is 0 Å². The van der Waals surface area contributed by atoms with Crippen LogP contribution >= 0.6 is 27.3 Å². The summed E-state index contributed by atoms with van der Waals surface area (Å²) in [7, 11) is 2.05. The Bertz CT molecular complexity index is 321. The molecule has 0 amide bonds. The van der Waals surface area contributed by atoms with Crippen LogP contribution in [0, 0.1) is 0 Å². The lowest BCUT2D eigenvalue weighted by molar-refractivity contribution is 0.0131. The van der Waals surface area contributed by atoms with Gasteiger partial charge in [0, 0.05) is 20.8 Å². The lowest BCUT2D eigenvalue weighted by Gasteiger charge is -2.28. The minimum absolute atomic E-state index is 0.463.